The first-order valence-electron chi connectivity index (χ1n) is 3.43. The highest BCUT2D eigenvalue weighted by Crippen LogP contribution is 2.12. The Balaban J connectivity index is 2.49. The van der Waals surface area contributed by atoms with E-state index in [-0.39, 0.29) is 0 Å². The lowest BCUT2D eigenvalue weighted by Gasteiger charge is -2.20. The molecule has 0 N–H and O–H groups in total. The highest BCUT2D eigenvalue weighted by atomic mass is 15.3. The average molecular weight is 126 g/mol. The van der Waals surface area contributed by atoms with E-state index in [1.54, 1.807) is 0 Å². The van der Waals surface area contributed by atoms with Crippen LogP contribution in [0.2, 0.25) is 0 Å². The maximum atomic E-state index is 4.32. The minimum absolute atomic E-state index is 0.435. The predicted octanol–water partition coefficient (Wildman–Crippen LogP) is 0.985. The Hall–Kier alpha value is -0.370. The van der Waals surface area contributed by atoms with Crippen molar-refractivity contribution in [1.82, 2.24) is 4.90 Å². The molecule has 1 heterocycles. The number of aliphatic imine (C=N–C) groups is 1. The molecule has 2 heteroatoms. The average Bonchev–Trinajstić information content (AvgIpc) is 2.13. The van der Waals surface area contributed by atoms with Crippen LogP contribution in [-0.4, -0.2) is 30.9 Å². The Kier molecular flexibility index (Phi) is 1.86. The SMILES string of the molecule is CC(C)C1N=CCN1C. The van der Waals surface area contributed by atoms with Crippen molar-refractivity contribution in [3.05, 3.63) is 0 Å². The topological polar surface area (TPSA) is 15.6 Å². The Morgan fingerprint density at radius 2 is 2.33 bits per heavy atom. The van der Waals surface area contributed by atoms with Crippen LogP contribution in [0.4, 0.5) is 0 Å². The molecule has 52 valence electrons. The molecule has 0 saturated heterocycles. The molecule has 0 bridgehead atoms. The van der Waals surface area contributed by atoms with E-state index < -0.39 is 0 Å². The molecule has 1 aliphatic rings. The zero-order chi connectivity index (χ0) is 6.85. The van der Waals surface area contributed by atoms with Gasteiger partial charge in [-0.1, -0.05) is 13.8 Å². The monoisotopic (exact) mass is 126 g/mol. The van der Waals surface area contributed by atoms with Crippen LogP contribution in [0.5, 0.6) is 0 Å². The van der Waals surface area contributed by atoms with Gasteiger partial charge in [0, 0.05) is 12.8 Å². The van der Waals surface area contributed by atoms with E-state index in [1.807, 2.05) is 6.21 Å². The summed E-state index contributed by atoms with van der Waals surface area (Å²) in [5, 5.41) is 0. The van der Waals surface area contributed by atoms with Crippen LogP contribution >= 0.6 is 0 Å². The van der Waals surface area contributed by atoms with Crippen LogP contribution in [0.3, 0.4) is 0 Å². The molecular weight excluding hydrogens is 112 g/mol. The highest BCUT2D eigenvalue weighted by molar-refractivity contribution is 5.62. The lowest BCUT2D eigenvalue weighted by atomic mass is 10.1. The van der Waals surface area contributed by atoms with E-state index in [9.17, 15) is 0 Å². The minimum atomic E-state index is 0.435. The van der Waals surface area contributed by atoms with Crippen LogP contribution in [0.15, 0.2) is 4.99 Å². The summed E-state index contributed by atoms with van der Waals surface area (Å²) < 4.78 is 0. The second kappa shape index (κ2) is 2.48. The van der Waals surface area contributed by atoms with Crippen LogP contribution in [-0.2, 0) is 0 Å². The van der Waals surface area contributed by atoms with E-state index >= 15 is 0 Å². The van der Waals surface area contributed by atoms with Gasteiger partial charge in [0.15, 0.2) is 0 Å². The smallest absolute Gasteiger partial charge is 0.104 e. The van der Waals surface area contributed by atoms with E-state index in [2.05, 4.69) is 30.8 Å². The molecule has 0 aromatic carbocycles. The number of hydrogen-bond donors (Lipinski definition) is 0. The van der Waals surface area contributed by atoms with E-state index in [1.165, 1.54) is 0 Å². The van der Waals surface area contributed by atoms with Gasteiger partial charge in [-0.25, -0.2) is 0 Å². The number of rotatable bonds is 1. The first-order chi connectivity index (χ1) is 4.22. The fourth-order valence-electron chi connectivity index (χ4n) is 1.19. The summed E-state index contributed by atoms with van der Waals surface area (Å²) in [7, 11) is 2.11. The molecule has 0 radical (unpaired) electrons. The van der Waals surface area contributed by atoms with Crippen LogP contribution in [0.25, 0.3) is 0 Å². The fourth-order valence-corrected chi connectivity index (χ4v) is 1.19. The van der Waals surface area contributed by atoms with E-state index in [4.69, 9.17) is 0 Å². The van der Waals surface area contributed by atoms with Crippen LogP contribution in [0, 0.1) is 5.92 Å². The van der Waals surface area contributed by atoms with Crippen LogP contribution in [0.1, 0.15) is 13.8 Å². The Morgan fingerprint density at radius 1 is 1.67 bits per heavy atom. The van der Waals surface area contributed by atoms with E-state index in [0.717, 1.165) is 6.54 Å². The number of nitrogens with zero attached hydrogens (tertiary/aromatic N) is 2. The quantitative estimate of drug-likeness (QED) is 0.511. The molecule has 2 nitrogen and oxygen atoms in total. The van der Waals surface area contributed by atoms with Gasteiger partial charge in [0.25, 0.3) is 0 Å². The molecule has 0 spiro atoms. The van der Waals surface area contributed by atoms with Crippen molar-refractivity contribution in [3.63, 3.8) is 0 Å². The van der Waals surface area contributed by atoms with Gasteiger partial charge >= 0.3 is 0 Å². The normalized spacial score (nSPS) is 28.2. The van der Waals surface area contributed by atoms with Crippen molar-refractivity contribution in [2.45, 2.75) is 20.0 Å². The number of hydrogen-bond acceptors (Lipinski definition) is 2. The third-order valence-electron chi connectivity index (χ3n) is 1.68. The van der Waals surface area contributed by atoms with Gasteiger partial charge in [0.2, 0.25) is 0 Å². The van der Waals surface area contributed by atoms with Gasteiger partial charge in [-0.2, -0.15) is 0 Å². The highest BCUT2D eigenvalue weighted by Gasteiger charge is 2.19. The lowest BCUT2D eigenvalue weighted by Crippen LogP contribution is -2.29. The molecule has 0 fully saturated rings. The molecule has 1 rings (SSSR count). The summed E-state index contributed by atoms with van der Waals surface area (Å²) in [5.41, 5.74) is 0. The zero-order valence-electron chi connectivity index (χ0n) is 6.33. The molecule has 0 amide bonds. The fraction of sp³-hybridized carbons (Fsp3) is 0.857. The van der Waals surface area contributed by atoms with Crippen molar-refractivity contribution < 1.29 is 0 Å². The van der Waals surface area contributed by atoms with Crippen molar-refractivity contribution in [1.29, 1.82) is 0 Å². The van der Waals surface area contributed by atoms with Crippen molar-refractivity contribution in [2.24, 2.45) is 10.9 Å². The van der Waals surface area contributed by atoms with E-state index in [0.29, 0.717) is 12.1 Å². The Morgan fingerprint density at radius 3 is 2.56 bits per heavy atom. The molecule has 9 heavy (non-hydrogen) atoms. The lowest BCUT2D eigenvalue weighted by molar-refractivity contribution is 0.245. The first-order valence-corrected chi connectivity index (χ1v) is 3.43. The molecule has 0 aliphatic carbocycles. The molecule has 0 saturated carbocycles. The largest absolute Gasteiger partial charge is 0.280 e. The molecular formula is C7H14N2. The maximum Gasteiger partial charge on any atom is 0.104 e. The van der Waals surface area contributed by atoms with Gasteiger partial charge in [0.1, 0.15) is 6.17 Å². The van der Waals surface area contributed by atoms with Gasteiger partial charge < -0.3 is 0 Å². The van der Waals surface area contributed by atoms with Crippen LogP contribution < -0.4 is 0 Å². The van der Waals surface area contributed by atoms with Gasteiger partial charge in [-0.15, -0.1) is 0 Å². The molecule has 1 aliphatic heterocycles. The molecule has 1 unspecified atom stereocenters. The molecule has 1 atom stereocenters. The summed E-state index contributed by atoms with van der Waals surface area (Å²) in [6.07, 6.45) is 2.43. The van der Waals surface area contributed by atoms with Gasteiger partial charge in [0.05, 0.1) is 0 Å². The zero-order valence-corrected chi connectivity index (χ0v) is 6.33. The molecule has 0 aromatic rings. The summed E-state index contributed by atoms with van der Waals surface area (Å²) in [6.45, 7) is 5.41. The summed E-state index contributed by atoms with van der Waals surface area (Å²) in [5.74, 6) is 0.647. The summed E-state index contributed by atoms with van der Waals surface area (Å²) >= 11 is 0. The van der Waals surface area contributed by atoms with Crippen molar-refractivity contribution in [2.75, 3.05) is 13.6 Å². The minimum Gasteiger partial charge on any atom is -0.280 e. The third-order valence-corrected chi connectivity index (χ3v) is 1.68. The van der Waals surface area contributed by atoms with Gasteiger partial charge in [-0.05, 0) is 13.0 Å². The Labute approximate surface area is 56.6 Å². The first kappa shape index (κ1) is 6.75. The second-order valence-electron chi connectivity index (χ2n) is 2.93. The van der Waals surface area contributed by atoms with Crippen molar-refractivity contribution in [3.8, 4) is 0 Å². The summed E-state index contributed by atoms with van der Waals surface area (Å²) in [4.78, 5) is 6.57. The van der Waals surface area contributed by atoms with Gasteiger partial charge in [-0.3, -0.25) is 9.89 Å². The molecule has 0 aromatic heterocycles. The third kappa shape index (κ3) is 1.30. The van der Waals surface area contributed by atoms with Crippen molar-refractivity contribution >= 4 is 6.21 Å². The maximum absolute atomic E-state index is 4.32. The predicted molar refractivity (Wildman–Crippen MR) is 39.7 cm³/mol. The second-order valence-corrected chi connectivity index (χ2v) is 2.93. The summed E-state index contributed by atoms with van der Waals surface area (Å²) in [6, 6.07) is 0. The standard InChI is InChI=1S/C7H14N2/c1-6(2)7-8-4-5-9(7)3/h4,6-7H,5H2,1-3H3. The Bertz CT molecular complexity index is 118.